The Morgan fingerprint density at radius 1 is 1.09 bits per heavy atom. The zero-order valence-electron chi connectivity index (χ0n) is 19.6. The Morgan fingerprint density at radius 2 is 1.76 bits per heavy atom. The normalized spacial score (nSPS) is 16.9. The fourth-order valence-corrected chi connectivity index (χ4v) is 4.39. The summed E-state index contributed by atoms with van der Waals surface area (Å²) in [5.41, 5.74) is 2.51. The molecule has 0 radical (unpaired) electrons. The highest BCUT2D eigenvalue weighted by Gasteiger charge is 2.35. The van der Waals surface area contributed by atoms with E-state index in [2.05, 4.69) is 22.1 Å². The van der Waals surface area contributed by atoms with Gasteiger partial charge in [0, 0.05) is 56.3 Å². The first kappa shape index (κ1) is 23.3. The van der Waals surface area contributed by atoms with E-state index in [4.69, 9.17) is 16.6 Å². The van der Waals surface area contributed by atoms with Gasteiger partial charge in [-0.05, 0) is 37.5 Å². The zero-order chi connectivity index (χ0) is 23.7. The van der Waals surface area contributed by atoms with Crippen molar-refractivity contribution in [2.75, 3.05) is 42.9 Å². The van der Waals surface area contributed by atoms with E-state index in [0.29, 0.717) is 61.8 Å². The lowest BCUT2D eigenvalue weighted by Gasteiger charge is -2.34. The van der Waals surface area contributed by atoms with Crippen molar-refractivity contribution in [2.24, 2.45) is 0 Å². The molecule has 2 amide bonds. The van der Waals surface area contributed by atoms with Gasteiger partial charge in [0.05, 0.1) is 6.54 Å². The molecule has 1 aromatic heterocycles. The standard InChI is InChI=1S/C24H31ClN6O2/c1-15(2)31-14-20-21(23(31)33)27-24(30-11-9-29(10-12-30)17(4)32)28-22(20)26-13-16(3)18-5-7-19(25)8-6-18/h5-8,15-16H,9-14H2,1-4H3,(H,26,27,28). The van der Waals surface area contributed by atoms with Crippen LogP contribution in [0.25, 0.3) is 0 Å². The van der Waals surface area contributed by atoms with Gasteiger partial charge in [-0.3, -0.25) is 9.59 Å². The molecule has 2 aromatic rings. The molecule has 1 fully saturated rings. The van der Waals surface area contributed by atoms with Crippen LogP contribution in [0.3, 0.4) is 0 Å². The molecule has 1 saturated heterocycles. The van der Waals surface area contributed by atoms with Crippen molar-refractivity contribution in [2.45, 2.75) is 46.2 Å². The maximum Gasteiger partial charge on any atom is 0.273 e. The van der Waals surface area contributed by atoms with E-state index in [1.165, 1.54) is 5.56 Å². The number of piperazine rings is 1. The Bertz CT molecular complexity index is 1030. The van der Waals surface area contributed by atoms with Crippen molar-refractivity contribution in [3.05, 3.63) is 46.1 Å². The van der Waals surface area contributed by atoms with E-state index in [1.54, 1.807) is 6.92 Å². The Hall–Kier alpha value is -2.87. The lowest BCUT2D eigenvalue weighted by Crippen LogP contribution is -2.48. The Morgan fingerprint density at radius 3 is 2.36 bits per heavy atom. The minimum atomic E-state index is -0.0557. The van der Waals surface area contributed by atoms with Crippen LogP contribution in [0.15, 0.2) is 24.3 Å². The van der Waals surface area contributed by atoms with Gasteiger partial charge in [-0.25, -0.2) is 4.98 Å². The van der Waals surface area contributed by atoms with Gasteiger partial charge in [0.25, 0.3) is 5.91 Å². The van der Waals surface area contributed by atoms with E-state index < -0.39 is 0 Å². The van der Waals surface area contributed by atoms with Crippen molar-refractivity contribution in [1.29, 1.82) is 0 Å². The summed E-state index contributed by atoms with van der Waals surface area (Å²) in [5.74, 6) is 1.50. The van der Waals surface area contributed by atoms with Crippen LogP contribution in [0.2, 0.25) is 5.02 Å². The highest BCUT2D eigenvalue weighted by molar-refractivity contribution is 6.30. The monoisotopic (exact) mass is 470 g/mol. The molecule has 0 bridgehead atoms. The summed E-state index contributed by atoms with van der Waals surface area (Å²) < 4.78 is 0. The highest BCUT2D eigenvalue weighted by Crippen LogP contribution is 2.31. The number of anilines is 2. The summed E-state index contributed by atoms with van der Waals surface area (Å²) in [6.07, 6.45) is 0. The Kier molecular flexibility index (Phi) is 6.74. The molecule has 1 unspecified atom stereocenters. The molecule has 1 N–H and O–H groups in total. The number of halogens is 1. The van der Waals surface area contributed by atoms with E-state index in [1.807, 2.05) is 47.9 Å². The highest BCUT2D eigenvalue weighted by atomic mass is 35.5. The molecule has 4 rings (SSSR count). The predicted molar refractivity (Wildman–Crippen MR) is 130 cm³/mol. The second-order valence-electron chi connectivity index (χ2n) is 9.05. The molecule has 0 saturated carbocycles. The molecule has 2 aliphatic rings. The van der Waals surface area contributed by atoms with Gasteiger partial charge < -0.3 is 20.0 Å². The van der Waals surface area contributed by atoms with Crippen LogP contribution >= 0.6 is 11.6 Å². The van der Waals surface area contributed by atoms with Crippen LogP contribution in [-0.2, 0) is 11.3 Å². The maximum atomic E-state index is 13.1. The number of benzene rings is 1. The maximum absolute atomic E-state index is 13.1. The third-order valence-corrected chi connectivity index (χ3v) is 6.69. The van der Waals surface area contributed by atoms with Gasteiger partial charge in [-0.15, -0.1) is 0 Å². The van der Waals surface area contributed by atoms with Gasteiger partial charge in [0.15, 0.2) is 0 Å². The minimum absolute atomic E-state index is 0.0557. The first-order valence-electron chi connectivity index (χ1n) is 11.5. The van der Waals surface area contributed by atoms with Crippen molar-refractivity contribution < 1.29 is 9.59 Å². The summed E-state index contributed by atoms with van der Waals surface area (Å²) in [5, 5.41) is 4.21. The molecule has 9 heteroatoms. The van der Waals surface area contributed by atoms with Gasteiger partial charge in [0.2, 0.25) is 11.9 Å². The van der Waals surface area contributed by atoms with Gasteiger partial charge in [-0.2, -0.15) is 4.98 Å². The number of fused-ring (bicyclic) bond motifs is 1. The number of nitrogens with zero attached hydrogens (tertiary/aromatic N) is 5. The summed E-state index contributed by atoms with van der Waals surface area (Å²) in [6.45, 7) is 11.4. The number of rotatable bonds is 6. The third kappa shape index (κ3) is 4.90. The fourth-order valence-electron chi connectivity index (χ4n) is 4.26. The minimum Gasteiger partial charge on any atom is -0.369 e. The molecule has 2 aliphatic heterocycles. The number of nitrogens with one attached hydrogen (secondary N) is 1. The molecule has 8 nitrogen and oxygen atoms in total. The first-order chi connectivity index (χ1) is 15.7. The van der Waals surface area contributed by atoms with E-state index in [0.717, 1.165) is 5.56 Å². The predicted octanol–water partition coefficient (Wildman–Crippen LogP) is 3.38. The van der Waals surface area contributed by atoms with Gasteiger partial charge in [0.1, 0.15) is 11.5 Å². The van der Waals surface area contributed by atoms with Gasteiger partial charge in [-0.1, -0.05) is 30.7 Å². The molecule has 1 aromatic carbocycles. The SMILES string of the molecule is CC(=O)N1CCN(c2nc(NCC(C)c3ccc(Cl)cc3)c3c(n2)C(=O)N(C(C)C)C3)CC1. The molecule has 0 aliphatic carbocycles. The lowest BCUT2D eigenvalue weighted by molar-refractivity contribution is -0.129. The molecule has 3 heterocycles. The number of carbonyl (C=O) groups excluding carboxylic acids is 2. The van der Waals surface area contributed by atoms with Crippen LogP contribution in [0.1, 0.15) is 55.2 Å². The number of carbonyl (C=O) groups is 2. The third-order valence-electron chi connectivity index (χ3n) is 6.43. The second kappa shape index (κ2) is 9.55. The van der Waals surface area contributed by atoms with Crippen molar-refractivity contribution in [3.8, 4) is 0 Å². The molecule has 1 atom stereocenters. The average molecular weight is 471 g/mol. The van der Waals surface area contributed by atoms with Crippen LogP contribution in [0, 0.1) is 0 Å². The number of hydrogen-bond acceptors (Lipinski definition) is 6. The van der Waals surface area contributed by atoms with Crippen LogP contribution < -0.4 is 10.2 Å². The quantitative estimate of drug-likeness (QED) is 0.697. The smallest absolute Gasteiger partial charge is 0.273 e. The molecule has 0 spiro atoms. The molecule has 33 heavy (non-hydrogen) atoms. The first-order valence-corrected chi connectivity index (χ1v) is 11.8. The zero-order valence-corrected chi connectivity index (χ0v) is 20.4. The Balaban J connectivity index is 1.58. The second-order valence-corrected chi connectivity index (χ2v) is 9.49. The van der Waals surface area contributed by atoms with Crippen molar-refractivity contribution >= 4 is 35.2 Å². The van der Waals surface area contributed by atoms with Crippen LogP contribution in [0.5, 0.6) is 0 Å². The van der Waals surface area contributed by atoms with E-state index in [9.17, 15) is 9.59 Å². The molecular formula is C24H31ClN6O2. The van der Waals surface area contributed by atoms with Crippen molar-refractivity contribution in [1.82, 2.24) is 19.8 Å². The summed E-state index contributed by atoms with van der Waals surface area (Å²) >= 11 is 6.03. The van der Waals surface area contributed by atoms with Crippen LogP contribution in [-0.4, -0.2) is 70.3 Å². The topological polar surface area (TPSA) is 81.7 Å². The summed E-state index contributed by atoms with van der Waals surface area (Å²) in [7, 11) is 0. The lowest BCUT2D eigenvalue weighted by atomic mass is 10.0. The number of aromatic nitrogens is 2. The van der Waals surface area contributed by atoms with Gasteiger partial charge >= 0.3 is 0 Å². The van der Waals surface area contributed by atoms with Crippen molar-refractivity contribution in [3.63, 3.8) is 0 Å². The van der Waals surface area contributed by atoms with Crippen LogP contribution in [0.4, 0.5) is 11.8 Å². The number of hydrogen-bond donors (Lipinski definition) is 1. The summed E-state index contributed by atoms with van der Waals surface area (Å²) in [6, 6.07) is 7.93. The molecular weight excluding hydrogens is 440 g/mol. The largest absolute Gasteiger partial charge is 0.369 e. The number of amides is 2. The summed E-state index contributed by atoms with van der Waals surface area (Å²) in [4.78, 5) is 40.0. The van der Waals surface area contributed by atoms with E-state index >= 15 is 0 Å². The average Bonchev–Trinajstić information content (AvgIpc) is 3.14. The van der Waals surface area contributed by atoms with E-state index in [-0.39, 0.29) is 23.8 Å². The fraction of sp³-hybridized carbons (Fsp3) is 0.500. The Labute approximate surface area is 199 Å². The molecule has 176 valence electrons.